The monoisotopic (exact) mass is 336 g/mol. The van der Waals surface area contributed by atoms with E-state index < -0.39 is 15.2 Å². The Labute approximate surface area is 129 Å². The summed E-state index contributed by atoms with van der Waals surface area (Å²) in [4.78, 5) is 12.3. The van der Waals surface area contributed by atoms with Crippen LogP contribution in [0.1, 0.15) is 32.2 Å². The average molecular weight is 338 g/mol. The summed E-state index contributed by atoms with van der Waals surface area (Å²) in [6, 6.07) is -0.633. The van der Waals surface area contributed by atoms with Crippen molar-refractivity contribution in [1.29, 1.82) is 0 Å². The van der Waals surface area contributed by atoms with E-state index in [0.29, 0.717) is 5.69 Å². The van der Waals surface area contributed by atoms with Crippen LogP contribution in [0, 0.1) is 0 Å². The van der Waals surface area contributed by atoms with Crippen LogP contribution in [0.5, 0.6) is 0 Å². The SMILES string of the molecule is CC(C)(C)c1nnn(C(=O)n2ccnn2)c1C(Cl)(Cl)Cl. The molecule has 0 saturated carbocycles. The van der Waals surface area contributed by atoms with Gasteiger partial charge in [0.05, 0.1) is 18.1 Å². The summed E-state index contributed by atoms with van der Waals surface area (Å²) in [5.74, 6) is 0. The van der Waals surface area contributed by atoms with Crippen LogP contribution in [-0.4, -0.2) is 36.0 Å². The lowest BCUT2D eigenvalue weighted by Gasteiger charge is -2.20. The van der Waals surface area contributed by atoms with Gasteiger partial charge in [-0.2, -0.15) is 9.36 Å². The Morgan fingerprint density at radius 1 is 1.20 bits per heavy atom. The molecule has 2 heterocycles. The highest BCUT2D eigenvalue weighted by molar-refractivity contribution is 6.66. The first-order chi connectivity index (χ1) is 9.12. The molecule has 2 aromatic heterocycles. The molecular formula is C10H11Cl3N6O. The Hall–Kier alpha value is -1.18. The first-order valence-electron chi connectivity index (χ1n) is 5.57. The van der Waals surface area contributed by atoms with E-state index in [4.69, 9.17) is 34.8 Å². The Morgan fingerprint density at radius 3 is 2.30 bits per heavy atom. The Kier molecular flexibility index (Phi) is 3.79. The van der Waals surface area contributed by atoms with Crippen LogP contribution < -0.4 is 0 Å². The molecule has 0 aliphatic heterocycles. The lowest BCUT2D eigenvalue weighted by atomic mass is 9.91. The van der Waals surface area contributed by atoms with Crippen LogP contribution in [0.4, 0.5) is 4.79 Å². The Morgan fingerprint density at radius 2 is 1.85 bits per heavy atom. The van der Waals surface area contributed by atoms with Crippen molar-refractivity contribution in [2.24, 2.45) is 0 Å². The molecule has 20 heavy (non-hydrogen) atoms. The molecule has 0 N–H and O–H groups in total. The molecule has 2 aromatic rings. The third kappa shape index (κ3) is 2.79. The number of carbonyl (C=O) groups excluding carboxylic acids is 1. The Bertz CT molecular complexity index is 622. The number of alkyl halides is 3. The average Bonchev–Trinajstić information content (AvgIpc) is 2.95. The van der Waals surface area contributed by atoms with Gasteiger partial charge in [0, 0.05) is 5.41 Å². The number of aromatic nitrogens is 6. The number of hydrogen-bond donors (Lipinski definition) is 0. The highest BCUT2D eigenvalue weighted by Gasteiger charge is 2.39. The van der Waals surface area contributed by atoms with Gasteiger partial charge in [0.15, 0.2) is 0 Å². The normalized spacial score (nSPS) is 12.7. The van der Waals surface area contributed by atoms with E-state index in [-0.39, 0.29) is 5.69 Å². The van der Waals surface area contributed by atoms with E-state index in [1.165, 1.54) is 12.4 Å². The van der Waals surface area contributed by atoms with E-state index >= 15 is 0 Å². The minimum atomic E-state index is -1.84. The minimum Gasteiger partial charge on any atom is -0.243 e. The summed E-state index contributed by atoms with van der Waals surface area (Å²) < 4.78 is 0.0473. The van der Waals surface area contributed by atoms with E-state index in [9.17, 15) is 4.79 Å². The zero-order chi connectivity index (χ0) is 15.1. The molecule has 7 nitrogen and oxygen atoms in total. The fraction of sp³-hybridized carbons (Fsp3) is 0.500. The van der Waals surface area contributed by atoms with Crippen molar-refractivity contribution in [3.05, 3.63) is 23.8 Å². The van der Waals surface area contributed by atoms with Crippen molar-refractivity contribution in [2.75, 3.05) is 0 Å². The molecule has 0 atom stereocenters. The smallest absolute Gasteiger partial charge is 0.243 e. The van der Waals surface area contributed by atoms with Gasteiger partial charge in [-0.15, -0.1) is 10.2 Å². The Balaban J connectivity index is 2.61. The first kappa shape index (κ1) is 15.2. The van der Waals surface area contributed by atoms with Crippen LogP contribution >= 0.6 is 34.8 Å². The molecule has 0 unspecified atom stereocenters. The lowest BCUT2D eigenvalue weighted by Crippen LogP contribution is -2.27. The van der Waals surface area contributed by atoms with Gasteiger partial charge in [-0.25, -0.2) is 4.79 Å². The summed E-state index contributed by atoms with van der Waals surface area (Å²) in [7, 11) is 0. The van der Waals surface area contributed by atoms with Crippen molar-refractivity contribution in [1.82, 2.24) is 30.0 Å². The van der Waals surface area contributed by atoms with Crippen LogP contribution in [0.15, 0.2) is 12.4 Å². The molecule has 0 saturated heterocycles. The van der Waals surface area contributed by atoms with Gasteiger partial charge in [-0.05, 0) is 0 Å². The molecular weight excluding hydrogens is 327 g/mol. The second-order valence-electron chi connectivity index (χ2n) is 5.08. The largest absolute Gasteiger partial charge is 0.372 e. The van der Waals surface area contributed by atoms with Gasteiger partial charge < -0.3 is 0 Å². The molecule has 0 aromatic carbocycles. The molecule has 0 aliphatic rings. The molecule has 108 valence electrons. The minimum absolute atomic E-state index is 0.0931. The lowest BCUT2D eigenvalue weighted by molar-refractivity contribution is 0.236. The zero-order valence-electron chi connectivity index (χ0n) is 10.9. The first-order valence-corrected chi connectivity index (χ1v) is 6.70. The van der Waals surface area contributed by atoms with Crippen molar-refractivity contribution in [2.45, 2.75) is 30.0 Å². The number of hydrogen-bond acceptors (Lipinski definition) is 5. The highest BCUT2D eigenvalue weighted by Crippen LogP contribution is 2.42. The van der Waals surface area contributed by atoms with Crippen LogP contribution in [0.3, 0.4) is 0 Å². The second kappa shape index (κ2) is 4.98. The third-order valence-corrected chi connectivity index (χ3v) is 2.99. The summed E-state index contributed by atoms with van der Waals surface area (Å²) in [6.07, 6.45) is 2.72. The molecule has 0 spiro atoms. The maximum atomic E-state index is 12.3. The molecule has 0 bridgehead atoms. The van der Waals surface area contributed by atoms with Crippen LogP contribution in [-0.2, 0) is 9.21 Å². The quantitative estimate of drug-likeness (QED) is 0.690. The standard InChI is InChI=1S/C10H11Cl3N6O/c1-9(2,3)6-7(10(11,12)13)19(17-15-6)8(20)18-5-4-14-16-18/h4-5H,1-3H3. The maximum Gasteiger partial charge on any atom is 0.372 e. The van der Waals surface area contributed by atoms with Crippen LogP contribution in [0.25, 0.3) is 0 Å². The van der Waals surface area contributed by atoms with Crippen LogP contribution in [0.2, 0.25) is 0 Å². The van der Waals surface area contributed by atoms with Gasteiger partial charge in [0.1, 0.15) is 5.69 Å². The van der Waals surface area contributed by atoms with E-state index in [1.807, 2.05) is 20.8 Å². The summed E-state index contributed by atoms with van der Waals surface area (Å²) in [5, 5.41) is 14.9. The highest BCUT2D eigenvalue weighted by atomic mass is 35.6. The van der Waals surface area contributed by atoms with Gasteiger partial charge in [-0.3, -0.25) is 0 Å². The number of rotatable bonds is 0. The number of carbonyl (C=O) groups is 1. The summed E-state index contributed by atoms with van der Waals surface area (Å²) in [6.45, 7) is 5.63. The van der Waals surface area contributed by atoms with Crippen molar-refractivity contribution in [3.63, 3.8) is 0 Å². The van der Waals surface area contributed by atoms with Crippen molar-refractivity contribution >= 4 is 40.8 Å². The summed E-state index contributed by atoms with van der Waals surface area (Å²) in [5.41, 5.74) is 0.0709. The zero-order valence-corrected chi connectivity index (χ0v) is 13.1. The van der Waals surface area contributed by atoms with Gasteiger partial charge in [-0.1, -0.05) is 66.0 Å². The number of nitrogens with zero attached hydrogens (tertiary/aromatic N) is 6. The van der Waals surface area contributed by atoms with Gasteiger partial charge in [0.2, 0.25) is 3.79 Å². The van der Waals surface area contributed by atoms with Crippen molar-refractivity contribution < 1.29 is 4.79 Å². The maximum absolute atomic E-state index is 12.3. The van der Waals surface area contributed by atoms with E-state index in [0.717, 1.165) is 9.36 Å². The van der Waals surface area contributed by atoms with E-state index in [2.05, 4.69) is 20.6 Å². The summed E-state index contributed by atoms with van der Waals surface area (Å²) >= 11 is 17.9. The molecule has 0 fully saturated rings. The molecule has 10 heteroatoms. The third-order valence-electron chi connectivity index (χ3n) is 2.45. The fourth-order valence-corrected chi connectivity index (χ4v) is 2.09. The van der Waals surface area contributed by atoms with Gasteiger partial charge in [0.25, 0.3) is 0 Å². The molecule has 0 radical (unpaired) electrons. The molecule has 0 aliphatic carbocycles. The number of halogens is 3. The topological polar surface area (TPSA) is 78.5 Å². The second-order valence-corrected chi connectivity index (χ2v) is 7.36. The van der Waals surface area contributed by atoms with Crippen molar-refractivity contribution in [3.8, 4) is 0 Å². The molecule has 0 amide bonds. The molecule has 2 rings (SSSR count). The van der Waals surface area contributed by atoms with Gasteiger partial charge >= 0.3 is 6.03 Å². The predicted molar refractivity (Wildman–Crippen MR) is 74.2 cm³/mol. The predicted octanol–water partition coefficient (Wildman–Crippen LogP) is 2.51. The fourth-order valence-electron chi connectivity index (χ4n) is 1.58. The van der Waals surface area contributed by atoms with E-state index in [1.54, 1.807) is 0 Å².